The molecule has 0 radical (unpaired) electrons. The maximum Gasteiger partial charge on any atom is 0.307 e. The highest BCUT2D eigenvalue weighted by atomic mass is 16.6. The molecule has 2 aliphatic carbocycles. The highest BCUT2D eigenvalue weighted by Gasteiger charge is 2.41. The summed E-state index contributed by atoms with van der Waals surface area (Å²) in [6.07, 6.45) is 25.3. The number of ketones is 2. The number of amides is 2. The Kier molecular flexibility index (Phi) is 28.4. The van der Waals surface area contributed by atoms with Gasteiger partial charge in [0.1, 0.15) is 11.1 Å². The lowest BCUT2D eigenvalue weighted by atomic mass is 9.71. The van der Waals surface area contributed by atoms with Crippen molar-refractivity contribution in [2.45, 2.75) is 145 Å². The number of carbonyl (C=O) groups is 6. The molecule has 0 aromatic rings. The van der Waals surface area contributed by atoms with Crippen LogP contribution in [0.4, 0.5) is 0 Å². The molecule has 0 saturated carbocycles. The molecule has 8 N–H and O–H groups in total. The van der Waals surface area contributed by atoms with Crippen LogP contribution in [0.5, 0.6) is 0 Å². The molecule has 2 unspecified atom stereocenters. The number of carbonyl (C=O) groups excluding carboxylic acids is 6. The van der Waals surface area contributed by atoms with E-state index in [1.165, 1.54) is 0 Å². The topological polar surface area (TPSA) is 266 Å². The highest BCUT2D eigenvalue weighted by Crippen LogP contribution is 2.42. The molecule has 2 rings (SSSR count). The zero-order chi connectivity index (χ0) is 56.5. The first-order valence-corrected chi connectivity index (χ1v) is 24.8. The first-order chi connectivity index (χ1) is 34.7. The second-order valence-electron chi connectivity index (χ2n) is 20.2. The lowest BCUT2D eigenvalue weighted by Crippen LogP contribution is -2.57. The van der Waals surface area contributed by atoms with Crippen molar-refractivity contribution in [3.8, 4) is 0 Å². The summed E-state index contributed by atoms with van der Waals surface area (Å²) < 4.78 is 10.9. The number of Topliss-reactive ketones (excluding diaryl/α,β-unsaturated/α-hetero) is 2. The van der Waals surface area contributed by atoms with E-state index >= 15 is 0 Å². The fourth-order valence-corrected chi connectivity index (χ4v) is 7.75. The predicted molar refractivity (Wildman–Crippen MR) is 287 cm³/mol. The largest absolute Gasteiger partial charge is 0.454 e. The fourth-order valence-electron chi connectivity index (χ4n) is 7.75. The van der Waals surface area contributed by atoms with Crippen molar-refractivity contribution < 1.29 is 68.9 Å². The Morgan fingerprint density at radius 1 is 0.541 bits per heavy atom. The summed E-state index contributed by atoms with van der Waals surface area (Å²) in [5.41, 5.74) is 3.18. The smallest absolute Gasteiger partial charge is 0.307 e. The van der Waals surface area contributed by atoms with Gasteiger partial charge in [-0.15, -0.1) is 0 Å². The van der Waals surface area contributed by atoms with Crippen molar-refractivity contribution in [3.05, 3.63) is 130 Å². The summed E-state index contributed by atoms with van der Waals surface area (Å²) in [6, 6.07) is 0. The van der Waals surface area contributed by atoms with Crippen LogP contribution < -0.4 is 10.6 Å². The predicted octanol–water partition coefficient (Wildman–Crippen LogP) is 6.26. The Morgan fingerprint density at radius 2 is 0.865 bits per heavy atom. The Balaban J connectivity index is 0.000000741. The monoisotopic (exact) mass is 1030 g/mol. The van der Waals surface area contributed by atoms with E-state index in [9.17, 15) is 59.4 Å². The lowest BCUT2D eigenvalue weighted by Gasteiger charge is -2.36. The van der Waals surface area contributed by atoms with Crippen molar-refractivity contribution >= 4 is 35.3 Å². The van der Waals surface area contributed by atoms with E-state index < -0.39 is 97.5 Å². The van der Waals surface area contributed by atoms with Crippen molar-refractivity contribution in [1.29, 1.82) is 0 Å². The molecule has 0 heterocycles. The Labute approximate surface area is 438 Å². The highest BCUT2D eigenvalue weighted by molar-refractivity contribution is 6.02. The average Bonchev–Trinajstić information content (AvgIpc) is 3.35. The molecule has 0 aliphatic heterocycles. The zero-order valence-electron chi connectivity index (χ0n) is 45.7. The third-order valence-corrected chi connectivity index (χ3v) is 12.7. The minimum Gasteiger partial charge on any atom is -0.454 e. The molecule has 0 bridgehead atoms. The van der Waals surface area contributed by atoms with E-state index in [-0.39, 0.29) is 37.2 Å². The van der Waals surface area contributed by atoms with Gasteiger partial charge in [0.15, 0.2) is 23.8 Å². The van der Waals surface area contributed by atoms with Crippen molar-refractivity contribution in [3.63, 3.8) is 0 Å². The first kappa shape index (κ1) is 66.1. The normalized spacial score (nSPS) is 19.3. The second-order valence-corrected chi connectivity index (χ2v) is 20.2. The summed E-state index contributed by atoms with van der Waals surface area (Å²) in [5.74, 6) is -3.21. The average molecular weight is 1030 g/mol. The first-order valence-electron chi connectivity index (χ1n) is 24.8. The van der Waals surface area contributed by atoms with Crippen molar-refractivity contribution in [1.82, 2.24) is 10.6 Å². The molecule has 74 heavy (non-hydrogen) atoms. The molecular weight excluding hydrogens is 949 g/mol. The molecule has 16 nitrogen and oxygen atoms in total. The zero-order valence-corrected chi connectivity index (χ0v) is 45.7. The minimum absolute atomic E-state index is 0.267. The molecule has 0 spiro atoms. The Bertz CT molecular complexity index is 2300. The van der Waals surface area contributed by atoms with Gasteiger partial charge >= 0.3 is 11.9 Å². The molecule has 2 amide bonds. The maximum atomic E-state index is 13.0. The van der Waals surface area contributed by atoms with Crippen LogP contribution in [0.3, 0.4) is 0 Å². The molecule has 0 saturated heterocycles. The Hall–Kier alpha value is -5.88. The number of hydrogen-bond acceptors (Lipinski definition) is 14. The number of allylic oxidation sites excluding steroid dienone is 20. The van der Waals surface area contributed by atoms with Gasteiger partial charge in [-0.3, -0.25) is 28.8 Å². The quantitative estimate of drug-likeness (QED) is 0.0371. The number of rotatable bonds is 25. The van der Waals surface area contributed by atoms with Crippen LogP contribution in [0.15, 0.2) is 130 Å². The van der Waals surface area contributed by atoms with Crippen LogP contribution in [0.2, 0.25) is 0 Å². The van der Waals surface area contributed by atoms with Crippen LogP contribution in [0.25, 0.3) is 0 Å². The van der Waals surface area contributed by atoms with E-state index in [1.54, 1.807) is 13.8 Å². The fraction of sp³-hybridized carbons (Fsp3) is 0.517. The van der Waals surface area contributed by atoms with Crippen molar-refractivity contribution in [2.24, 2.45) is 10.8 Å². The Morgan fingerprint density at radius 3 is 1.19 bits per heavy atom. The third kappa shape index (κ3) is 21.5. The molecule has 0 aromatic carbocycles. The number of esters is 2. The van der Waals surface area contributed by atoms with Gasteiger partial charge in [-0.05, 0) is 88.5 Å². The van der Waals surface area contributed by atoms with E-state index in [0.717, 1.165) is 33.4 Å². The minimum atomic E-state index is -1.57. The summed E-state index contributed by atoms with van der Waals surface area (Å²) in [6.45, 7) is 19.4. The summed E-state index contributed by atoms with van der Waals surface area (Å²) in [4.78, 5) is 74.9. The van der Waals surface area contributed by atoms with Gasteiger partial charge in [-0.2, -0.15) is 0 Å². The molecule has 410 valence electrons. The molecule has 2 aliphatic rings. The van der Waals surface area contributed by atoms with Crippen molar-refractivity contribution in [2.75, 3.05) is 39.6 Å². The molecular formula is C58H84N2O14. The number of aliphatic hydroxyl groups is 6. The molecule has 0 fully saturated rings. The van der Waals surface area contributed by atoms with Gasteiger partial charge in [-0.25, -0.2) is 0 Å². The SMILES string of the molecule is C/C=C(C)/C=C/C=C(C)/C=C/C1=C(C)C(=O)C(OC(=O)CCC(=O)NC(CO)(CO)CO)CC1(C)C.C/C=C/C=C(C)/C=C/C=C(C)/C=C/C1=C(C)C(=O)C(OC(=O)CCC(=O)NC(CO)(CO)CO)CC1(C)C. The summed E-state index contributed by atoms with van der Waals surface area (Å²) in [7, 11) is 0. The van der Waals surface area contributed by atoms with Gasteiger partial charge in [0, 0.05) is 25.7 Å². The van der Waals surface area contributed by atoms with E-state index in [1.807, 2.05) is 154 Å². The molecule has 0 aromatic heterocycles. The van der Waals surface area contributed by atoms with E-state index in [4.69, 9.17) is 9.47 Å². The second kappa shape index (κ2) is 31.8. The van der Waals surface area contributed by atoms with Crippen LogP contribution >= 0.6 is 0 Å². The molecule has 16 heteroatoms. The van der Waals surface area contributed by atoms with Crippen LogP contribution in [0.1, 0.15) is 122 Å². The number of ether oxygens (including phenoxy) is 2. The van der Waals surface area contributed by atoms with Crippen LogP contribution in [-0.4, -0.2) is 129 Å². The van der Waals surface area contributed by atoms with Crippen LogP contribution in [0, 0.1) is 10.8 Å². The third-order valence-electron chi connectivity index (χ3n) is 12.7. The van der Waals surface area contributed by atoms with Gasteiger partial charge < -0.3 is 50.7 Å². The maximum absolute atomic E-state index is 13.0. The van der Waals surface area contributed by atoms with E-state index in [0.29, 0.717) is 24.0 Å². The van der Waals surface area contributed by atoms with E-state index in [2.05, 4.69) is 10.6 Å². The number of hydrogen-bond donors (Lipinski definition) is 8. The van der Waals surface area contributed by atoms with Gasteiger partial charge in [0.05, 0.1) is 52.5 Å². The molecule has 2 atom stereocenters. The van der Waals surface area contributed by atoms with Gasteiger partial charge in [0.2, 0.25) is 11.8 Å². The lowest BCUT2D eigenvalue weighted by molar-refractivity contribution is -0.156. The summed E-state index contributed by atoms with van der Waals surface area (Å²) in [5, 5.41) is 60.5. The van der Waals surface area contributed by atoms with Gasteiger partial charge in [0.25, 0.3) is 0 Å². The summed E-state index contributed by atoms with van der Waals surface area (Å²) >= 11 is 0. The van der Waals surface area contributed by atoms with Crippen LogP contribution in [-0.2, 0) is 38.2 Å². The number of nitrogens with one attached hydrogen (secondary N) is 2. The van der Waals surface area contributed by atoms with Gasteiger partial charge in [-0.1, -0.05) is 135 Å². The standard InChI is InChI=1S/C30H43NO7.C28H41NO7/c1-7-8-10-21(2)11-9-12-22(3)13-14-24-23(4)28(37)25(17-29(24,5)6)38-27(36)16-15-26(35)31-30(18-32,19-33)20-34;1-7-19(2)9-8-10-20(3)11-12-22-21(4)26(35)23(15-27(22,5)6)36-25(34)14-13-24(33)29-28(16-30,17-31)18-32/h7-14,25,32-34H,15-20H2,1-6H3,(H,31,35);7-12,23,30-32H,13-18H2,1-6H3,(H,29,33)/b8-7+,11-9+,14-13+,21-10+,22-12+;9-8+,12-11+,19-7+,20-10+. The number of aliphatic hydroxyl groups excluding tert-OH is 6.